The second-order valence-corrected chi connectivity index (χ2v) is 5.18. The van der Waals surface area contributed by atoms with E-state index in [1.54, 1.807) is 0 Å². The SMILES string of the molecule is Cc1ccccc1CCCCC(=O)ON1C(=O)CCC1=O. The first-order valence-electron chi connectivity index (χ1n) is 7.19. The number of nitrogens with zero attached hydrogens (tertiary/aromatic N) is 1. The highest BCUT2D eigenvalue weighted by Crippen LogP contribution is 2.14. The first-order chi connectivity index (χ1) is 10.1. The predicted octanol–water partition coefficient (Wildman–Crippen LogP) is 2.32. The quantitative estimate of drug-likeness (QED) is 0.595. The Labute approximate surface area is 123 Å². The van der Waals surface area contributed by atoms with E-state index in [9.17, 15) is 14.4 Å². The van der Waals surface area contributed by atoms with Crippen LogP contribution < -0.4 is 0 Å². The molecule has 0 N–H and O–H groups in total. The van der Waals surface area contributed by atoms with Crippen LogP contribution in [0.3, 0.4) is 0 Å². The molecule has 0 radical (unpaired) electrons. The molecule has 1 fully saturated rings. The Hall–Kier alpha value is -2.17. The number of carbonyl (C=O) groups excluding carboxylic acids is 3. The number of benzene rings is 1. The Morgan fingerprint density at radius 3 is 2.48 bits per heavy atom. The van der Waals surface area contributed by atoms with Gasteiger partial charge >= 0.3 is 5.97 Å². The fourth-order valence-electron chi connectivity index (χ4n) is 2.28. The van der Waals surface area contributed by atoms with E-state index in [0.717, 1.165) is 12.8 Å². The first kappa shape index (κ1) is 15.2. The molecular weight excluding hydrogens is 270 g/mol. The minimum atomic E-state index is -0.525. The van der Waals surface area contributed by atoms with Crippen molar-refractivity contribution in [1.82, 2.24) is 5.06 Å². The number of hydrogen-bond donors (Lipinski definition) is 0. The maximum atomic E-state index is 11.6. The number of carbonyl (C=O) groups is 3. The van der Waals surface area contributed by atoms with Crippen LogP contribution in [-0.2, 0) is 25.6 Å². The van der Waals surface area contributed by atoms with Crippen molar-refractivity contribution in [2.75, 3.05) is 0 Å². The van der Waals surface area contributed by atoms with Crippen molar-refractivity contribution in [3.05, 3.63) is 35.4 Å². The number of aryl methyl sites for hydroxylation is 2. The third kappa shape index (κ3) is 4.15. The van der Waals surface area contributed by atoms with Crippen LogP contribution in [0, 0.1) is 6.92 Å². The van der Waals surface area contributed by atoms with Gasteiger partial charge in [0, 0.05) is 19.3 Å². The highest BCUT2D eigenvalue weighted by atomic mass is 16.7. The molecule has 1 aromatic rings. The van der Waals surface area contributed by atoms with E-state index in [1.165, 1.54) is 11.1 Å². The van der Waals surface area contributed by atoms with Crippen molar-refractivity contribution in [3.8, 4) is 0 Å². The molecule has 0 aromatic heterocycles. The summed E-state index contributed by atoms with van der Waals surface area (Å²) < 4.78 is 0. The fourth-order valence-corrected chi connectivity index (χ4v) is 2.28. The number of unbranched alkanes of at least 4 members (excludes halogenated alkanes) is 1. The number of imide groups is 1. The van der Waals surface area contributed by atoms with Gasteiger partial charge in [0.2, 0.25) is 0 Å². The van der Waals surface area contributed by atoms with Gasteiger partial charge in [-0.05, 0) is 37.3 Å². The van der Waals surface area contributed by atoms with Gasteiger partial charge in [-0.1, -0.05) is 24.3 Å². The van der Waals surface area contributed by atoms with Crippen LogP contribution in [-0.4, -0.2) is 22.8 Å². The Morgan fingerprint density at radius 1 is 1.14 bits per heavy atom. The van der Waals surface area contributed by atoms with Crippen molar-refractivity contribution in [2.45, 2.75) is 45.4 Å². The van der Waals surface area contributed by atoms with E-state index < -0.39 is 17.8 Å². The van der Waals surface area contributed by atoms with Crippen molar-refractivity contribution in [1.29, 1.82) is 0 Å². The van der Waals surface area contributed by atoms with Gasteiger partial charge in [0.15, 0.2) is 0 Å². The number of amides is 2. The molecule has 0 atom stereocenters. The maximum absolute atomic E-state index is 11.6. The molecule has 1 saturated heterocycles. The van der Waals surface area contributed by atoms with Gasteiger partial charge in [0.25, 0.3) is 11.8 Å². The van der Waals surface area contributed by atoms with Crippen molar-refractivity contribution < 1.29 is 19.2 Å². The lowest BCUT2D eigenvalue weighted by atomic mass is 10.0. The van der Waals surface area contributed by atoms with Gasteiger partial charge in [0.1, 0.15) is 0 Å². The van der Waals surface area contributed by atoms with E-state index in [4.69, 9.17) is 4.84 Å². The smallest absolute Gasteiger partial charge is 0.330 e. The van der Waals surface area contributed by atoms with Gasteiger partial charge in [-0.15, -0.1) is 5.06 Å². The monoisotopic (exact) mass is 289 g/mol. The second-order valence-electron chi connectivity index (χ2n) is 5.18. The minimum Gasteiger partial charge on any atom is -0.330 e. The lowest BCUT2D eigenvalue weighted by molar-refractivity contribution is -0.197. The standard InChI is InChI=1S/C16H19NO4/c1-12-6-2-3-7-13(12)8-4-5-9-16(20)21-17-14(18)10-11-15(17)19/h2-3,6-7H,4-5,8-11H2,1H3. The molecule has 0 unspecified atom stereocenters. The van der Waals surface area contributed by atoms with Crippen molar-refractivity contribution >= 4 is 17.8 Å². The highest BCUT2D eigenvalue weighted by Gasteiger charge is 2.32. The number of hydroxylamine groups is 2. The van der Waals surface area contributed by atoms with E-state index >= 15 is 0 Å². The zero-order valence-corrected chi connectivity index (χ0v) is 12.1. The Kier molecular flexibility index (Phi) is 5.09. The Bertz CT molecular complexity index is 537. The van der Waals surface area contributed by atoms with E-state index in [1.807, 2.05) is 12.1 Å². The molecule has 0 bridgehead atoms. The summed E-state index contributed by atoms with van der Waals surface area (Å²) in [6.45, 7) is 2.06. The summed E-state index contributed by atoms with van der Waals surface area (Å²) in [6, 6.07) is 8.14. The third-order valence-corrected chi connectivity index (χ3v) is 3.54. The minimum absolute atomic E-state index is 0.124. The number of hydrogen-bond acceptors (Lipinski definition) is 4. The molecule has 2 rings (SSSR count). The van der Waals surface area contributed by atoms with Gasteiger partial charge in [-0.25, -0.2) is 4.79 Å². The second kappa shape index (κ2) is 7.02. The fraction of sp³-hybridized carbons (Fsp3) is 0.438. The summed E-state index contributed by atoms with van der Waals surface area (Å²) in [4.78, 5) is 39.0. The van der Waals surface area contributed by atoms with E-state index in [0.29, 0.717) is 11.5 Å². The molecule has 5 heteroatoms. The van der Waals surface area contributed by atoms with Crippen LogP contribution >= 0.6 is 0 Å². The average molecular weight is 289 g/mol. The molecule has 1 aliphatic heterocycles. The number of rotatable bonds is 6. The Balaban J connectivity index is 1.69. The van der Waals surface area contributed by atoms with Crippen LogP contribution in [0.1, 0.15) is 43.2 Å². The molecule has 1 aliphatic rings. The van der Waals surface area contributed by atoms with Gasteiger partial charge in [-0.2, -0.15) is 0 Å². The topological polar surface area (TPSA) is 63.7 Å². The zero-order valence-electron chi connectivity index (χ0n) is 12.1. The van der Waals surface area contributed by atoms with Crippen LogP contribution in [0.5, 0.6) is 0 Å². The van der Waals surface area contributed by atoms with Crippen LogP contribution in [0.4, 0.5) is 0 Å². The lowest BCUT2D eigenvalue weighted by Crippen LogP contribution is -2.31. The van der Waals surface area contributed by atoms with Gasteiger partial charge in [-0.3, -0.25) is 9.59 Å². The summed E-state index contributed by atoms with van der Waals surface area (Å²) in [6.07, 6.45) is 2.90. The van der Waals surface area contributed by atoms with Crippen LogP contribution in [0.2, 0.25) is 0 Å². The molecule has 1 heterocycles. The maximum Gasteiger partial charge on any atom is 0.333 e. The van der Waals surface area contributed by atoms with E-state index in [2.05, 4.69) is 19.1 Å². The normalized spacial score (nSPS) is 14.6. The third-order valence-electron chi connectivity index (χ3n) is 3.54. The van der Waals surface area contributed by atoms with Crippen molar-refractivity contribution in [3.63, 3.8) is 0 Å². The average Bonchev–Trinajstić information content (AvgIpc) is 2.77. The highest BCUT2D eigenvalue weighted by molar-refractivity contribution is 6.01. The molecule has 112 valence electrons. The Morgan fingerprint density at radius 2 is 1.81 bits per heavy atom. The van der Waals surface area contributed by atoms with Crippen LogP contribution in [0.15, 0.2) is 24.3 Å². The molecule has 2 amide bonds. The molecule has 5 nitrogen and oxygen atoms in total. The van der Waals surface area contributed by atoms with Gasteiger partial charge < -0.3 is 4.84 Å². The summed E-state index contributed by atoms with van der Waals surface area (Å²) in [5.74, 6) is -1.40. The lowest BCUT2D eigenvalue weighted by Gasteiger charge is -2.12. The van der Waals surface area contributed by atoms with Gasteiger partial charge in [0.05, 0.1) is 0 Å². The molecule has 1 aromatic carbocycles. The summed E-state index contributed by atoms with van der Waals surface area (Å²) in [5, 5.41) is 0.601. The summed E-state index contributed by atoms with van der Waals surface area (Å²) in [7, 11) is 0. The summed E-state index contributed by atoms with van der Waals surface area (Å²) in [5.41, 5.74) is 2.52. The van der Waals surface area contributed by atoms with Crippen molar-refractivity contribution in [2.24, 2.45) is 0 Å². The molecule has 0 aliphatic carbocycles. The molecular formula is C16H19NO4. The summed E-state index contributed by atoms with van der Waals surface area (Å²) >= 11 is 0. The largest absolute Gasteiger partial charge is 0.333 e. The van der Waals surface area contributed by atoms with Crippen LogP contribution in [0.25, 0.3) is 0 Å². The first-order valence-corrected chi connectivity index (χ1v) is 7.19. The zero-order chi connectivity index (χ0) is 15.2. The molecule has 21 heavy (non-hydrogen) atoms. The molecule has 0 saturated carbocycles. The van der Waals surface area contributed by atoms with E-state index in [-0.39, 0.29) is 19.3 Å². The predicted molar refractivity (Wildman–Crippen MR) is 75.9 cm³/mol. The molecule has 0 spiro atoms.